The first-order valence-electron chi connectivity index (χ1n) is 4.90. The number of rotatable bonds is 6. The van der Waals surface area contributed by atoms with Gasteiger partial charge in [-0.25, -0.2) is 13.1 Å². The number of nitrogens with zero attached hydrogens (tertiary/aromatic N) is 3. The highest BCUT2D eigenvalue weighted by molar-refractivity contribution is 7.88. The van der Waals surface area contributed by atoms with E-state index in [0.717, 1.165) is 17.9 Å². The van der Waals surface area contributed by atoms with Crippen LogP contribution in [-0.4, -0.2) is 42.5 Å². The van der Waals surface area contributed by atoms with Crippen molar-refractivity contribution < 1.29 is 8.42 Å². The predicted molar refractivity (Wildman–Crippen MR) is 60.3 cm³/mol. The first-order valence-corrected chi connectivity index (χ1v) is 6.79. The molecule has 8 heteroatoms. The summed E-state index contributed by atoms with van der Waals surface area (Å²) in [5.41, 5.74) is 0. The number of aromatic nitrogens is 3. The smallest absolute Gasteiger partial charge is 0.208 e. The van der Waals surface area contributed by atoms with Crippen molar-refractivity contribution in [1.29, 1.82) is 0 Å². The molecule has 1 aromatic rings. The van der Waals surface area contributed by atoms with Gasteiger partial charge in [-0.2, -0.15) is 0 Å². The van der Waals surface area contributed by atoms with Crippen LogP contribution in [0.2, 0.25) is 0 Å². The molecule has 7 nitrogen and oxygen atoms in total. The summed E-state index contributed by atoms with van der Waals surface area (Å²) in [6.07, 6.45) is 1.14. The number of hydrogen-bond donors (Lipinski definition) is 2. The summed E-state index contributed by atoms with van der Waals surface area (Å²) in [4.78, 5) is 0. The standard InChI is InChI=1S/C8H17N5O2S/c1-7-11-12-8(13(7)2)6-9-4-5-10-16(3,14)15/h9-10H,4-6H2,1-3H3. The molecule has 0 bridgehead atoms. The lowest BCUT2D eigenvalue weighted by atomic mass is 10.5. The maximum absolute atomic E-state index is 10.8. The second kappa shape index (κ2) is 5.37. The zero-order valence-electron chi connectivity index (χ0n) is 9.69. The normalized spacial score (nSPS) is 11.9. The Kier molecular flexibility index (Phi) is 4.39. The van der Waals surface area contributed by atoms with Crippen LogP contribution in [0.15, 0.2) is 0 Å². The highest BCUT2D eigenvalue weighted by Crippen LogP contribution is 1.95. The van der Waals surface area contributed by atoms with Crippen molar-refractivity contribution in [2.24, 2.45) is 7.05 Å². The second-order valence-corrected chi connectivity index (χ2v) is 5.40. The Morgan fingerprint density at radius 1 is 1.31 bits per heavy atom. The van der Waals surface area contributed by atoms with Gasteiger partial charge in [0.05, 0.1) is 12.8 Å². The van der Waals surface area contributed by atoms with Gasteiger partial charge in [-0.05, 0) is 6.92 Å². The van der Waals surface area contributed by atoms with Gasteiger partial charge in [-0.3, -0.25) is 0 Å². The zero-order chi connectivity index (χ0) is 12.2. The topological polar surface area (TPSA) is 88.9 Å². The van der Waals surface area contributed by atoms with Crippen LogP contribution in [0, 0.1) is 6.92 Å². The van der Waals surface area contributed by atoms with Crippen molar-refractivity contribution in [1.82, 2.24) is 24.8 Å². The van der Waals surface area contributed by atoms with Crippen molar-refractivity contribution in [3.8, 4) is 0 Å². The molecule has 92 valence electrons. The molecular formula is C8H17N5O2S. The van der Waals surface area contributed by atoms with Crippen molar-refractivity contribution in [3.05, 3.63) is 11.6 Å². The van der Waals surface area contributed by atoms with E-state index in [4.69, 9.17) is 0 Å². The van der Waals surface area contributed by atoms with Gasteiger partial charge in [0.25, 0.3) is 0 Å². The summed E-state index contributed by atoms with van der Waals surface area (Å²) in [6, 6.07) is 0. The summed E-state index contributed by atoms with van der Waals surface area (Å²) >= 11 is 0. The number of hydrogen-bond acceptors (Lipinski definition) is 5. The fraction of sp³-hybridized carbons (Fsp3) is 0.750. The molecule has 0 aliphatic heterocycles. The van der Waals surface area contributed by atoms with Gasteiger partial charge in [0.15, 0.2) is 0 Å². The monoisotopic (exact) mass is 247 g/mol. The Morgan fingerprint density at radius 2 is 2.00 bits per heavy atom. The highest BCUT2D eigenvalue weighted by atomic mass is 32.2. The molecule has 0 saturated carbocycles. The molecule has 2 N–H and O–H groups in total. The van der Waals surface area contributed by atoms with Crippen LogP contribution < -0.4 is 10.0 Å². The van der Waals surface area contributed by atoms with E-state index in [1.54, 1.807) is 0 Å². The highest BCUT2D eigenvalue weighted by Gasteiger charge is 2.04. The Balaban J connectivity index is 2.24. The molecule has 0 aliphatic carbocycles. The number of aryl methyl sites for hydroxylation is 1. The SMILES string of the molecule is Cc1nnc(CNCCNS(C)(=O)=O)n1C. The molecule has 0 atom stereocenters. The minimum atomic E-state index is -3.10. The van der Waals surface area contributed by atoms with Crippen molar-refractivity contribution in [2.75, 3.05) is 19.3 Å². The molecule has 16 heavy (non-hydrogen) atoms. The van der Waals surface area contributed by atoms with Gasteiger partial charge in [0.2, 0.25) is 10.0 Å². The molecule has 1 heterocycles. The molecule has 0 saturated heterocycles. The number of nitrogens with one attached hydrogen (secondary N) is 2. The van der Waals surface area contributed by atoms with E-state index < -0.39 is 10.0 Å². The third-order valence-corrected chi connectivity index (χ3v) is 2.86. The van der Waals surface area contributed by atoms with Crippen molar-refractivity contribution in [2.45, 2.75) is 13.5 Å². The quantitative estimate of drug-likeness (QED) is 0.614. The maximum atomic E-state index is 10.8. The third-order valence-electron chi connectivity index (χ3n) is 2.13. The van der Waals surface area contributed by atoms with E-state index in [2.05, 4.69) is 20.2 Å². The van der Waals surface area contributed by atoms with Crippen LogP contribution in [-0.2, 0) is 23.6 Å². The van der Waals surface area contributed by atoms with E-state index in [0.29, 0.717) is 19.6 Å². The van der Waals surface area contributed by atoms with Crippen LogP contribution in [0.5, 0.6) is 0 Å². The summed E-state index contributed by atoms with van der Waals surface area (Å²) in [5.74, 6) is 1.68. The molecule has 0 radical (unpaired) electrons. The molecule has 0 fully saturated rings. The zero-order valence-corrected chi connectivity index (χ0v) is 10.5. The minimum Gasteiger partial charge on any atom is -0.317 e. The lowest BCUT2D eigenvalue weighted by Gasteiger charge is -2.05. The third kappa shape index (κ3) is 4.25. The Bertz CT molecular complexity index is 439. The molecule has 0 aromatic carbocycles. The fourth-order valence-electron chi connectivity index (χ4n) is 1.13. The Hall–Kier alpha value is -0.990. The maximum Gasteiger partial charge on any atom is 0.208 e. The molecule has 0 unspecified atom stereocenters. The number of sulfonamides is 1. The first-order chi connectivity index (χ1) is 7.40. The van der Waals surface area contributed by atoms with Crippen LogP contribution in [0.4, 0.5) is 0 Å². The van der Waals surface area contributed by atoms with Gasteiger partial charge in [-0.15, -0.1) is 10.2 Å². The second-order valence-electron chi connectivity index (χ2n) is 3.57. The van der Waals surface area contributed by atoms with Crippen LogP contribution in [0.25, 0.3) is 0 Å². The Morgan fingerprint density at radius 3 is 2.50 bits per heavy atom. The van der Waals surface area contributed by atoms with Crippen LogP contribution in [0.1, 0.15) is 11.6 Å². The van der Waals surface area contributed by atoms with E-state index >= 15 is 0 Å². The first kappa shape index (κ1) is 13.1. The van der Waals surface area contributed by atoms with E-state index in [1.807, 2.05) is 18.5 Å². The van der Waals surface area contributed by atoms with E-state index in [1.165, 1.54) is 0 Å². The average molecular weight is 247 g/mol. The Labute approximate surface area is 95.3 Å². The average Bonchev–Trinajstić information content (AvgIpc) is 2.47. The van der Waals surface area contributed by atoms with Crippen molar-refractivity contribution >= 4 is 10.0 Å². The van der Waals surface area contributed by atoms with E-state index in [9.17, 15) is 8.42 Å². The summed E-state index contributed by atoms with van der Waals surface area (Å²) in [7, 11) is -1.21. The van der Waals surface area contributed by atoms with Crippen LogP contribution in [0.3, 0.4) is 0 Å². The van der Waals surface area contributed by atoms with Gasteiger partial charge in [0.1, 0.15) is 11.6 Å². The van der Waals surface area contributed by atoms with E-state index in [-0.39, 0.29) is 0 Å². The van der Waals surface area contributed by atoms with Gasteiger partial charge < -0.3 is 9.88 Å². The fourth-order valence-corrected chi connectivity index (χ4v) is 1.60. The molecule has 0 amide bonds. The largest absolute Gasteiger partial charge is 0.317 e. The summed E-state index contributed by atoms with van der Waals surface area (Å²) < 4.78 is 25.8. The van der Waals surface area contributed by atoms with Crippen LogP contribution >= 0.6 is 0 Å². The summed E-state index contributed by atoms with van der Waals surface area (Å²) in [6.45, 7) is 3.37. The molecule has 0 aliphatic rings. The minimum absolute atomic E-state index is 0.371. The van der Waals surface area contributed by atoms with Gasteiger partial charge in [0, 0.05) is 20.1 Å². The predicted octanol–water partition coefficient (Wildman–Crippen LogP) is -1.24. The molecular weight excluding hydrogens is 230 g/mol. The molecule has 0 spiro atoms. The summed E-state index contributed by atoms with van der Waals surface area (Å²) in [5, 5.41) is 11.0. The molecule has 1 rings (SSSR count). The lowest BCUT2D eigenvalue weighted by Crippen LogP contribution is -2.31. The van der Waals surface area contributed by atoms with Gasteiger partial charge in [-0.1, -0.05) is 0 Å². The van der Waals surface area contributed by atoms with Crippen molar-refractivity contribution in [3.63, 3.8) is 0 Å². The lowest BCUT2D eigenvalue weighted by molar-refractivity contribution is 0.578. The van der Waals surface area contributed by atoms with Gasteiger partial charge >= 0.3 is 0 Å². The molecule has 1 aromatic heterocycles.